The summed E-state index contributed by atoms with van der Waals surface area (Å²) in [6.45, 7) is 0. The van der Waals surface area contributed by atoms with Crippen LogP contribution in [0.4, 0.5) is 0 Å². The van der Waals surface area contributed by atoms with Crippen LogP contribution in [-0.4, -0.2) is 15.7 Å². The van der Waals surface area contributed by atoms with Crippen molar-refractivity contribution < 1.29 is 4.79 Å². The molecule has 0 aliphatic rings. The average Bonchev–Trinajstić information content (AvgIpc) is 2.40. The van der Waals surface area contributed by atoms with Gasteiger partial charge in [-0.1, -0.05) is 11.6 Å². The molecule has 0 atom stereocenters. The summed E-state index contributed by atoms with van der Waals surface area (Å²) in [4.78, 5) is 10.7. The van der Waals surface area contributed by atoms with E-state index < -0.39 is 5.91 Å². The number of rotatable bonds is 2. The second kappa shape index (κ2) is 3.94. The molecule has 0 saturated heterocycles. The fourth-order valence-corrected chi connectivity index (χ4v) is 1.10. The number of carbonyl (C=O) groups is 1. The maximum atomic E-state index is 10.7. The largest absolute Gasteiger partial charge is 0.365 e. The summed E-state index contributed by atoms with van der Waals surface area (Å²) in [7, 11) is 1.68. The van der Waals surface area contributed by atoms with E-state index in [0.29, 0.717) is 10.7 Å². The Bertz CT molecular complexity index is 441. The first-order valence-corrected chi connectivity index (χ1v) is 4.03. The standard InChI is InChI=1S/C8H7ClN4O/c1-13-4-6(9)7(12-13)2-5(3-10)8(11)14/h2,4H,1H3,(H2,11,14)/b5-2+. The predicted molar refractivity (Wildman–Crippen MR) is 51.0 cm³/mol. The molecule has 1 heterocycles. The van der Waals surface area contributed by atoms with Crippen LogP contribution in [0.25, 0.3) is 6.08 Å². The fourth-order valence-electron chi connectivity index (χ4n) is 0.870. The lowest BCUT2D eigenvalue weighted by Crippen LogP contribution is -2.12. The van der Waals surface area contributed by atoms with Crippen LogP contribution in [0.1, 0.15) is 5.69 Å². The van der Waals surface area contributed by atoms with Crippen molar-refractivity contribution >= 4 is 23.6 Å². The van der Waals surface area contributed by atoms with Crippen molar-refractivity contribution in [2.24, 2.45) is 12.8 Å². The zero-order valence-electron chi connectivity index (χ0n) is 7.36. The van der Waals surface area contributed by atoms with Crippen molar-refractivity contribution in [3.8, 4) is 6.07 Å². The molecule has 0 radical (unpaired) electrons. The molecule has 72 valence electrons. The molecule has 0 spiro atoms. The van der Waals surface area contributed by atoms with Gasteiger partial charge in [0.1, 0.15) is 17.3 Å². The maximum Gasteiger partial charge on any atom is 0.259 e. The summed E-state index contributed by atoms with van der Waals surface area (Å²) < 4.78 is 1.48. The molecule has 0 bridgehead atoms. The molecule has 5 nitrogen and oxygen atoms in total. The molecule has 6 heteroatoms. The van der Waals surface area contributed by atoms with Crippen LogP contribution >= 0.6 is 11.6 Å². The van der Waals surface area contributed by atoms with E-state index in [-0.39, 0.29) is 5.57 Å². The highest BCUT2D eigenvalue weighted by Crippen LogP contribution is 2.16. The van der Waals surface area contributed by atoms with Gasteiger partial charge in [0, 0.05) is 13.2 Å². The lowest BCUT2D eigenvalue weighted by atomic mass is 10.2. The number of nitrogens with two attached hydrogens (primary N) is 1. The summed E-state index contributed by atoms with van der Waals surface area (Å²) in [5, 5.41) is 12.9. The van der Waals surface area contributed by atoms with E-state index in [4.69, 9.17) is 22.6 Å². The molecular weight excluding hydrogens is 204 g/mol. The van der Waals surface area contributed by atoms with Gasteiger partial charge in [-0.2, -0.15) is 10.4 Å². The highest BCUT2D eigenvalue weighted by atomic mass is 35.5. The second-order valence-corrected chi connectivity index (χ2v) is 2.98. The number of hydrogen-bond donors (Lipinski definition) is 1. The summed E-state index contributed by atoms with van der Waals surface area (Å²) >= 11 is 5.76. The summed E-state index contributed by atoms with van der Waals surface area (Å²) in [5.74, 6) is -0.797. The van der Waals surface area contributed by atoms with E-state index in [1.807, 2.05) is 0 Å². The quantitative estimate of drug-likeness (QED) is 0.569. The Morgan fingerprint density at radius 2 is 2.50 bits per heavy atom. The van der Waals surface area contributed by atoms with Gasteiger partial charge in [-0.3, -0.25) is 9.48 Å². The van der Waals surface area contributed by atoms with Crippen LogP contribution in [0.3, 0.4) is 0 Å². The zero-order chi connectivity index (χ0) is 10.7. The molecule has 2 N–H and O–H groups in total. The number of amides is 1. The van der Waals surface area contributed by atoms with Crippen molar-refractivity contribution in [2.45, 2.75) is 0 Å². The minimum absolute atomic E-state index is 0.175. The first-order chi connectivity index (χ1) is 6.54. The average molecular weight is 211 g/mol. The number of carbonyl (C=O) groups excluding carboxylic acids is 1. The Morgan fingerprint density at radius 1 is 1.86 bits per heavy atom. The molecule has 1 rings (SSSR count). The summed E-state index contributed by atoms with van der Waals surface area (Å²) in [5.41, 5.74) is 5.12. The van der Waals surface area contributed by atoms with Crippen molar-refractivity contribution in [3.63, 3.8) is 0 Å². The van der Waals surface area contributed by atoms with Gasteiger partial charge in [-0.15, -0.1) is 0 Å². The Hall–Kier alpha value is -1.80. The van der Waals surface area contributed by atoms with Gasteiger partial charge in [0.25, 0.3) is 5.91 Å². The van der Waals surface area contributed by atoms with Crippen LogP contribution in [0.15, 0.2) is 11.8 Å². The van der Waals surface area contributed by atoms with Crippen LogP contribution in [0.2, 0.25) is 5.02 Å². The minimum atomic E-state index is -0.797. The molecule has 1 aromatic heterocycles. The van der Waals surface area contributed by atoms with Gasteiger partial charge >= 0.3 is 0 Å². The number of hydrogen-bond acceptors (Lipinski definition) is 3. The maximum absolute atomic E-state index is 10.7. The number of aromatic nitrogens is 2. The van der Waals surface area contributed by atoms with Gasteiger partial charge in [-0.05, 0) is 6.08 Å². The van der Waals surface area contributed by atoms with E-state index >= 15 is 0 Å². The van der Waals surface area contributed by atoms with Crippen molar-refractivity contribution in [3.05, 3.63) is 22.5 Å². The van der Waals surface area contributed by atoms with Gasteiger partial charge in [0.15, 0.2) is 0 Å². The van der Waals surface area contributed by atoms with E-state index in [9.17, 15) is 4.79 Å². The molecular formula is C8H7ClN4O. The third-order valence-corrected chi connectivity index (χ3v) is 1.77. The number of nitriles is 1. The van der Waals surface area contributed by atoms with E-state index in [0.717, 1.165) is 0 Å². The smallest absolute Gasteiger partial charge is 0.259 e. The third-order valence-electron chi connectivity index (χ3n) is 1.48. The van der Waals surface area contributed by atoms with Crippen LogP contribution in [-0.2, 0) is 11.8 Å². The topological polar surface area (TPSA) is 84.7 Å². The van der Waals surface area contributed by atoms with Crippen molar-refractivity contribution in [1.82, 2.24) is 9.78 Å². The van der Waals surface area contributed by atoms with Gasteiger partial charge < -0.3 is 5.73 Å². The highest BCUT2D eigenvalue weighted by molar-refractivity contribution is 6.32. The molecule has 0 saturated carbocycles. The fraction of sp³-hybridized carbons (Fsp3) is 0.125. The highest BCUT2D eigenvalue weighted by Gasteiger charge is 2.07. The molecule has 0 aromatic carbocycles. The van der Waals surface area contributed by atoms with Crippen LogP contribution < -0.4 is 5.73 Å². The zero-order valence-corrected chi connectivity index (χ0v) is 8.12. The predicted octanol–water partition coefficient (Wildman–Crippen LogP) is 0.466. The minimum Gasteiger partial charge on any atom is -0.365 e. The first-order valence-electron chi connectivity index (χ1n) is 3.65. The summed E-state index contributed by atoms with van der Waals surface area (Å²) in [6, 6.07) is 1.67. The van der Waals surface area contributed by atoms with E-state index in [2.05, 4.69) is 5.10 Å². The lowest BCUT2D eigenvalue weighted by molar-refractivity contribution is -0.114. The molecule has 0 aliphatic heterocycles. The summed E-state index contributed by atoms with van der Waals surface area (Å²) in [6.07, 6.45) is 2.81. The Balaban J connectivity index is 3.14. The number of primary amides is 1. The first kappa shape index (κ1) is 10.3. The second-order valence-electron chi connectivity index (χ2n) is 2.57. The lowest BCUT2D eigenvalue weighted by Gasteiger charge is -1.89. The molecule has 14 heavy (non-hydrogen) atoms. The molecule has 1 amide bonds. The SMILES string of the molecule is Cn1cc(Cl)c(/C=C(\C#N)C(N)=O)n1. The van der Waals surface area contributed by atoms with Crippen molar-refractivity contribution in [2.75, 3.05) is 0 Å². The van der Waals surface area contributed by atoms with Crippen LogP contribution in [0.5, 0.6) is 0 Å². The normalized spacial score (nSPS) is 11.1. The Kier molecular flexibility index (Phi) is 2.89. The molecule has 1 aromatic rings. The van der Waals surface area contributed by atoms with Crippen molar-refractivity contribution in [1.29, 1.82) is 5.26 Å². The molecule has 0 unspecified atom stereocenters. The molecule has 0 fully saturated rings. The number of nitrogens with zero attached hydrogens (tertiary/aromatic N) is 3. The molecule has 0 aliphatic carbocycles. The number of halogens is 1. The van der Waals surface area contributed by atoms with Crippen LogP contribution in [0, 0.1) is 11.3 Å². The Morgan fingerprint density at radius 3 is 2.86 bits per heavy atom. The van der Waals surface area contributed by atoms with Gasteiger partial charge in [-0.25, -0.2) is 0 Å². The number of aryl methyl sites for hydroxylation is 1. The third kappa shape index (κ3) is 2.12. The van der Waals surface area contributed by atoms with E-state index in [1.54, 1.807) is 19.3 Å². The Labute approximate surface area is 85.4 Å². The van der Waals surface area contributed by atoms with E-state index in [1.165, 1.54) is 10.8 Å². The monoisotopic (exact) mass is 210 g/mol. The van der Waals surface area contributed by atoms with Gasteiger partial charge in [0.2, 0.25) is 0 Å². The van der Waals surface area contributed by atoms with Gasteiger partial charge in [0.05, 0.1) is 5.02 Å².